The fourth-order valence-electron chi connectivity index (χ4n) is 4.59. The van der Waals surface area contributed by atoms with Crippen molar-refractivity contribution in [3.05, 3.63) is 48.2 Å². The molecular formula is C30H42FNO3. The van der Waals surface area contributed by atoms with E-state index in [1.54, 1.807) is 0 Å². The zero-order valence-corrected chi connectivity index (χ0v) is 21.5. The van der Waals surface area contributed by atoms with Crippen LogP contribution >= 0.6 is 0 Å². The molecule has 0 bridgehead atoms. The van der Waals surface area contributed by atoms with Gasteiger partial charge in [0, 0.05) is 11.8 Å². The van der Waals surface area contributed by atoms with E-state index in [1.807, 2.05) is 25.3 Å². The molecule has 1 aromatic heterocycles. The summed E-state index contributed by atoms with van der Waals surface area (Å²) in [5.41, 5.74) is 3.37. The third-order valence-electron chi connectivity index (χ3n) is 6.92. The predicted molar refractivity (Wildman–Crippen MR) is 139 cm³/mol. The molecule has 0 unspecified atom stereocenters. The van der Waals surface area contributed by atoms with Crippen LogP contribution in [0.15, 0.2) is 42.6 Å². The lowest BCUT2D eigenvalue weighted by atomic mass is 9.88. The Balaban J connectivity index is 1.37. The number of aryl methyl sites for hydroxylation is 1. The standard InChI is InChI=1S/C30H42FNO3/c1-3-5-7-8-9-23-13-20-29(32-21-23)25-14-18-26(19-15-25)34-22-24-11-16-27(17-12-24)35-30(33)28(31)10-6-4-2/h13-15,18-21,24,27-28H,3-12,16-17,22H2,1-2H3/t24-,27-,28-/m0/s1. The lowest BCUT2D eigenvalue weighted by Crippen LogP contribution is -2.30. The monoisotopic (exact) mass is 483 g/mol. The van der Waals surface area contributed by atoms with E-state index in [-0.39, 0.29) is 12.5 Å². The Bertz CT molecular complexity index is 860. The maximum Gasteiger partial charge on any atom is 0.340 e. The molecule has 0 N–H and O–H groups in total. The van der Waals surface area contributed by atoms with Crippen LogP contribution in [0, 0.1) is 5.92 Å². The molecule has 2 aromatic rings. The van der Waals surface area contributed by atoms with Crippen molar-refractivity contribution in [1.82, 2.24) is 4.98 Å². The Morgan fingerprint density at radius 3 is 2.37 bits per heavy atom. The molecule has 1 atom stereocenters. The van der Waals surface area contributed by atoms with E-state index in [9.17, 15) is 9.18 Å². The molecule has 5 heteroatoms. The first-order valence-electron chi connectivity index (χ1n) is 13.6. The van der Waals surface area contributed by atoms with E-state index < -0.39 is 12.1 Å². The quantitative estimate of drug-likeness (QED) is 0.202. The number of carbonyl (C=O) groups excluding carboxylic acids is 1. The van der Waals surface area contributed by atoms with Gasteiger partial charge in [-0.05, 0) is 86.8 Å². The number of halogens is 1. The second kappa shape index (κ2) is 14.9. The molecule has 1 fully saturated rings. The summed E-state index contributed by atoms with van der Waals surface area (Å²) < 4.78 is 25.3. The third kappa shape index (κ3) is 9.27. The highest BCUT2D eigenvalue weighted by atomic mass is 19.1. The molecule has 3 rings (SSSR count). The predicted octanol–water partition coefficient (Wildman–Crippen LogP) is 7.88. The molecule has 4 nitrogen and oxygen atoms in total. The van der Waals surface area contributed by atoms with Crippen molar-refractivity contribution < 1.29 is 18.7 Å². The molecule has 0 spiro atoms. The van der Waals surface area contributed by atoms with Gasteiger partial charge >= 0.3 is 5.97 Å². The largest absolute Gasteiger partial charge is 0.493 e. The van der Waals surface area contributed by atoms with Crippen LogP contribution < -0.4 is 4.74 Å². The van der Waals surface area contributed by atoms with E-state index >= 15 is 0 Å². The van der Waals surface area contributed by atoms with Crippen molar-refractivity contribution in [2.75, 3.05) is 6.61 Å². The maximum atomic E-state index is 13.8. The van der Waals surface area contributed by atoms with Gasteiger partial charge in [0.1, 0.15) is 11.9 Å². The molecule has 1 aromatic carbocycles. The number of ether oxygens (including phenoxy) is 2. The molecular weight excluding hydrogens is 441 g/mol. The molecule has 0 aliphatic heterocycles. The summed E-state index contributed by atoms with van der Waals surface area (Å²) in [4.78, 5) is 16.5. The number of hydrogen-bond donors (Lipinski definition) is 0. The van der Waals surface area contributed by atoms with Crippen molar-refractivity contribution in [2.45, 2.75) is 103 Å². The molecule has 1 heterocycles. The number of benzene rings is 1. The summed E-state index contributed by atoms with van der Waals surface area (Å²) in [5.74, 6) is 0.595. The number of carbonyl (C=O) groups is 1. The molecule has 0 amide bonds. The second-order valence-corrected chi connectivity index (χ2v) is 9.89. The van der Waals surface area contributed by atoms with Gasteiger partial charge in [-0.3, -0.25) is 4.98 Å². The Hall–Kier alpha value is -2.43. The summed E-state index contributed by atoms with van der Waals surface area (Å²) in [6, 6.07) is 12.4. The SMILES string of the molecule is CCCCCCc1ccc(-c2ccc(OC[C@H]3CC[C@H](OC(=O)[C@@H](F)CCCC)CC3)cc2)nc1. The van der Waals surface area contributed by atoms with Gasteiger partial charge in [0.2, 0.25) is 0 Å². The summed E-state index contributed by atoms with van der Waals surface area (Å²) in [6.45, 7) is 4.87. The Kier molecular flexibility index (Phi) is 11.5. The minimum absolute atomic E-state index is 0.159. The summed E-state index contributed by atoms with van der Waals surface area (Å²) >= 11 is 0. The van der Waals surface area contributed by atoms with Gasteiger partial charge in [-0.25, -0.2) is 9.18 Å². The lowest BCUT2D eigenvalue weighted by molar-refractivity contribution is -0.157. The van der Waals surface area contributed by atoms with Crippen LogP contribution in [0.4, 0.5) is 4.39 Å². The maximum absolute atomic E-state index is 13.8. The number of hydrogen-bond acceptors (Lipinski definition) is 4. The highest BCUT2D eigenvalue weighted by molar-refractivity contribution is 5.74. The second-order valence-electron chi connectivity index (χ2n) is 9.89. The van der Waals surface area contributed by atoms with Crippen LogP contribution in [0.25, 0.3) is 11.3 Å². The fraction of sp³-hybridized carbons (Fsp3) is 0.600. The molecule has 35 heavy (non-hydrogen) atoms. The smallest absolute Gasteiger partial charge is 0.340 e. The first-order valence-corrected chi connectivity index (χ1v) is 13.6. The van der Waals surface area contributed by atoms with Crippen LogP contribution in [-0.4, -0.2) is 29.8 Å². The van der Waals surface area contributed by atoms with Crippen LogP contribution in [0.5, 0.6) is 5.75 Å². The molecule has 1 aliphatic carbocycles. The van der Waals surface area contributed by atoms with Gasteiger partial charge in [-0.2, -0.15) is 0 Å². The minimum atomic E-state index is -1.48. The normalized spacial score (nSPS) is 18.7. The highest BCUT2D eigenvalue weighted by Gasteiger charge is 2.27. The van der Waals surface area contributed by atoms with Crippen molar-refractivity contribution in [3.8, 4) is 17.0 Å². The van der Waals surface area contributed by atoms with Gasteiger partial charge in [0.15, 0.2) is 6.17 Å². The van der Waals surface area contributed by atoms with E-state index in [0.29, 0.717) is 18.9 Å². The van der Waals surface area contributed by atoms with Crippen molar-refractivity contribution in [2.24, 2.45) is 5.92 Å². The number of esters is 1. The number of pyridine rings is 1. The topological polar surface area (TPSA) is 48.4 Å². The third-order valence-corrected chi connectivity index (χ3v) is 6.92. The Morgan fingerprint density at radius 2 is 1.71 bits per heavy atom. The number of nitrogens with zero attached hydrogens (tertiary/aromatic N) is 1. The van der Waals surface area contributed by atoms with E-state index in [2.05, 4.69) is 36.2 Å². The molecule has 192 valence electrons. The van der Waals surface area contributed by atoms with Crippen LogP contribution in [0.1, 0.15) is 90.0 Å². The van der Waals surface area contributed by atoms with E-state index in [4.69, 9.17) is 9.47 Å². The molecule has 1 saturated carbocycles. The van der Waals surface area contributed by atoms with Crippen molar-refractivity contribution >= 4 is 5.97 Å². The van der Waals surface area contributed by atoms with Gasteiger partial charge in [0.25, 0.3) is 0 Å². The minimum Gasteiger partial charge on any atom is -0.493 e. The van der Waals surface area contributed by atoms with Crippen LogP contribution in [0.3, 0.4) is 0 Å². The van der Waals surface area contributed by atoms with Gasteiger partial charge in [-0.1, -0.05) is 52.0 Å². The average molecular weight is 484 g/mol. The van der Waals surface area contributed by atoms with Crippen molar-refractivity contribution in [3.63, 3.8) is 0 Å². The number of unbranched alkanes of at least 4 members (excludes halogenated alkanes) is 4. The van der Waals surface area contributed by atoms with Crippen LogP contribution in [-0.2, 0) is 16.0 Å². The number of rotatable bonds is 14. The van der Waals surface area contributed by atoms with E-state index in [0.717, 1.165) is 55.5 Å². The molecule has 1 aliphatic rings. The van der Waals surface area contributed by atoms with E-state index in [1.165, 1.54) is 31.2 Å². The first kappa shape index (κ1) is 27.2. The molecule has 0 radical (unpaired) electrons. The average Bonchev–Trinajstić information content (AvgIpc) is 2.90. The van der Waals surface area contributed by atoms with Gasteiger partial charge < -0.3 is 9.47 Å². The van der Waals surface area contributed by atoms with Crippen molar-refractivity contribution in [1.29, 1.82) is 0 Å². The Labute approximate surface area is 210 Å². The van der Waals surface area contributed by atoms with Crippen LogP contribution in [0.2, 0.25) is 0 Å². The first-order chi connectivity index (χ1) is 17.1. The zero-order chi connectivity index (χ0) is 24.9. The van der Waals surface area contributed by atoms with Gasteiger partial charge in [-0.15, -0.1) is 0 Å². The summed E-state index contributed by atoms with van der Waals surface area (Å²) in [7, 11) is 0. The zero-order valence-electron chi connectivity index (χ0n) is 21.5. The highest BCUT2D eigenvalue weighted by Crippen LogP contribution is 2.28. The lowest BCUT2D eigenvalue weighted by Gasteiger charge is -2.28. The fourth-order valence-corrected chi connectivity index (χ4v) is 4.59. The molecule has 0 saturated heterocycles. The number of aromatic nitrogens is 1. The summed E-state index contributed by atoms with van der Waals surface area (Å²) in [6.07, 6.45) is 11.8. The Morgan fingerprint density at radius 1 is 0.971 bits per heavy atom. The summed E-state index contributed by atoms with van der Waals surface area (Å²) in [5, 5.41) is 0. The van der Waals surface area contributed by atoms with Gasteiger partial charge in [0.05, 0.1) is 12.3 Å². The number of alkyl halides is 1.